The number of ether oxygens (including phenoxy) is 2. The number of hydrogen-bond donors (Lipinski definition) is 1. The van der Waals surface area contributed by atoms with Gasteiger partial charge in [0.05, 0.1) is 6.61 Å². The Bertz CT molecular complexity index is 540. The third-order valence-corrected chi connectivity index (χ3v) is 3.09. The summed E-state index contributed by atoms with van der Waals surface area (Å²) < 4.78 is 10.4. The predicted octanol–water partition coefficient (Wildman–Crippen LogP) is 2.95. The van der Waals surface area contributed by atoms with Gasteiger partial charge in [0.2, 0.25) is 0 Å². The van der Waals surface area contributed by atoms with Crippen LogP contribution in [-0.2, 0) is 14.3 Å². The molecule has 0 saturated heterocycles. The van der Waals surface area contributed by atoms with Crippen LogP contribution in [0.1, 0.15) is 39.2 Å². The summed E-state index contributed by atoms with van der Waals surface area (Å²) in [5, 5.41) is 2.78. The van der Waals surface area contributed by atoms with Gasteiger partial charge >= 0.3 is 5.97 Å². The highest BCUT2D eigenvalue weighted by atomic mass is 16.5. The van der Waals surface area contributed by atoms with E-state index in [1.807, 2.05) is 45.0 Å². The normalized spacial score (nSPS) is 12.0. The summed E-state index contributed by atoms with van der Waals surface area (Å²) in [6.45, 7) is 6.14. The fourth-order valence-electron chi connectivity index (χ4n) is 2.07. The summed E-state index contributed by atoms with van der Waals surface area (Å²) in [6, 6.07) is 7.48. The molecule has 1 rings (SSSR count). The van der Waals surface area contributed by atoms with Crippen molar-refractivity contribution in [3.05, 3.63) is 35.9 Å². The van der Waals surface area contributed by atoms with Crippen LogP contribution >= 0.6 is 0 Å². The topological polar surface area (TPSA) is 64.6 Å². The molecule has 1 aromatic rings. The molecule has 5 heteroatoms. The van der Waals surface area contributed by atoms with E-state index in [4.69, 9.17) is 9.47 Å². The number of benzene rings is 1. The smallest absolute Gasteiger partial charge is 0.331 e. The second-order valence-corrected chi connectivity index (χ2v) is 5.17. The van der Waals surface area contributed by atoms with Crippen molar-refractivity contribution in [2.75, 3.05) is 13.2 Å². The molecule has 0 bridgehead atoms. The summed E-state index contributed by atoms with van der Waals surface area (Å²) in [6.07, 6.45) is 4.79. The summed E-state index contributed by atoms with van der Waals surface area (Å²) in [4.78, 5) is 23.3. The van der Waals surface area contributed by atoms with Crippen molar-refractivity contribution in [2.45, 2.75) is 39.7 Å². The molecule has 23 heavy (non-hydrogen) atoms. The number of esters is 1. The van der Waals surface area contributed by atoms with Gasteiger partial charge in [0, 0.05) is 17.7 Å². The number of para-hydroxylation sites is 1. The first-order valence-corrected chi connectivity index (χ1v) is 7.92. The Morgan fingerprint density at radius 3 is 2.70 bits per heavy atom. The van der Waals surface area contributed by atoms with E-state index in [9.17, 15) is 9.59 Å². The van der Waals surface area contributed by atoms with Gasteiger partial charge in [0.1, 0.15) is 5.75 Å². The van der Waals surface area contributed by atoms with Crippen molar-refractivity contribution < 1.29 is 19.1 Å². The van der Waals surface area contributed by atoms with Crippen molar-refractivity contribution in [3.8, 4) is 5.75 Å². The Morgan fingerprint density at radius 1 is 1.26 bits per heavy atom. The third kappa shape index (κ3) is 7.49. The average Bonchev–Trinajstić information content (AvgIpc) is 2.52. The second-order valence-electron chi connectivity index (χ2n) is 5.17. The predicted molar refractivity (Wildman–Crippen MR) is 90.1 cm³/mol. The molecular weight excluding hydrogens is 294 g/mol. The molecule has 0 fully saturated rings. The number of amides is 1. The fraction of sp³-hybridized carbons (Fsp3) is 0.444. The number of carbonyl (C=O) groups excluding carboxylic acids is 2. The van der Waals surface area contributed by atoms with Gasteiger partial charge in [-0.05, 0) is 32.4 Å². The molecule has 1 N–H and O–H groups in total. The highest BCUT2D eigenvalue weighted by Crippen LogP contribution is 2.19. The van der Waals surface area contributed by atoms with E-state index < -0.39 is 5.97 Å². The van der Waals surface area contributed by atoms with Crippen molar-refractivity contribution >= 4 is 18.0 Å². The lowest BCUT2D eigenvalue weighted by atomic mass is 10.2. The minimum atomic E-state index is -0.561. The lowest BCUT2D eigenvalue weighted by molar-refractivity contribution is -0.144. The van der Waals surface area contributed by atoms with Gasteiger partial charge in [-0.25, -0.2) is 4.79 Å². The molecule has 1 aromatic carbocycles. The van der Waals surface area contributed by atoms with Crippen LogP contribution in [0.15, 0.2) is 30.3 Å². The Balaban J connectivity index is 2.46. The minimum Gasteiger partial charge on any atom is -0.493 e. The maximum absolute atomic E-state index is 11.7. The van der Waals surface area contributed by atoms with E-state index in [0.717, 1.165) is 18.4 Å². The van der Waals surface area contributed by atoms with Crippen LogP contribution in [0.25, 0.3) is 6.08 Å². The quantitative estimate of drug-likeness (QED) is 0.561. The molecule has 0 aliphatic heterocycles. The first-order valence-electron chi connectivity index (χ1n) is 7.92. The van der Waals surface area contributed by atoms with Gasteiger partial charge < -0.3 is 14.8 Å². The SMILES string of the molecule is CCC[C@H](C)NC(=O)COC(=O)/C=C/c1ccccc1OCC. The summed E-state index contributed by atoms with van der Waals surface area (Å²) in [5.41, 5.74) is 0.785. The van der Waals surface area contributed by atoms with Gasteiger partial charge in [0.15, 0.2) is 6.61 Å². The van der Waals surface area contributed by atoms with Gasteiger partial charge in [0.25, 0.3) is 5.91 Å². The summed E-state index contributed by atoms with van der Waals surface area (Å²) in [5.74, 6) is -0.151. The first-order chi connectivity index (χ1) is 11.1. The molecule has 0 saturated carbocycles. The molecule has 126 valence electrons. The zero-order valence-corrected chi connectivity index (χ0v) is 14.0. The van der Waals surface area contributed by atoms with E-state index in [0.29, 0.717) is 12.4 Å². The molecular formula is C18H25NO4. The molecule has 0 heterocycles. The van der Waals surface area contributed by atoms with Crippen molar-refractivity contribution in [3.63, 3.8) is 0 Å². The van der Waals surface area contributed by atoms with Crippen LogP contribution in [-0.4, -0.2) is 31.1 Å². The maximum atomic E-state index is 11.7. The number of carbonyl (C=O) groups is 2. The zero-order valence-electron chi connectivity index (χ0n) is 14.0. The van der Waals surface area contributed by atoms with E-state index in [1.54, 1.807) is 6.08 Å². The lowest BCUT2D eigenvalue weighted by Gasteiger charge is -2.12. The number of rotatable bonds is 9. The molecule has 1 atom stereocenters. The van der Waals surface area contributed by atoms with E-state index in [2.05, 4.69) is 5.32 Å². The van der Waals surface area contributed by atoms with E-state index in [-0.39, 0.29) is 18.6 Å². The molecule has 0 unspecified atom stereocenters. The molecule has 0 aliphatic rings. The van der Waals surface area contributed by atoms with Crippen LogP contribution in [0, 0.1) is 0 Å². The monoisotopic (exact) mass is 319 g/mol. The minimum absolute atomic E-state index is 0.0832. The second kappa shape index (κ2) is 10.4. The molecule has 0 radical (unpaired) electrons. The van der Waals surface area contributed by atoms with Crippen molar-refractivity contribution in [2.24, 2.45) is 0 Å². The number of nitrogens with one attached hydrogen (secondary N) is 1. The fourth-order valence-corrected chi connectivity index (χ4v) is 2.07. The van der Waals surface area contributed by atoms with Gasteiger partial charge in [-0.15, -0.1) is 0 Å². The Labute approximate surface area is 137 Å². The lowest BCUT2D eigenvalue weighted by Crippen LogP contribution is -2.35. The average molecular weight is 319 g/mol. The molecule has 0 aliphatic carbocycles. The maximum Gasteiger partial charge on any atom is 0.331 e. The van der Waals surface area contributed by atoms with Crippen LogP contribution in [0.3, 0.4) is 0 Å². The zero-order chi connectivity index (χ0) is 17.1. The third-order valence-electron chi connectivity index (χ3n) is 3.09. The Morgan fingerprint density at radius 2 is 2.00 bits per heavy atom. The molecule has 0 spiro atoms. The standard InChI is InChI=1S/C18H25NO4/c1-4-8-14(3)19-17(20)13-23-18(21)12-11-15-9-6-7-10-16(15)22-5-2/h6-7,9-12,14H,4-5,8,13H2,1-3H3,(H,19,20)/b12-11+/t14-/m0/s1. The summed E-state index contributed by atoms with van der Waals surface area (Å²) >= 11 is 0. The first kappa shape index (κ1) is 18.7. The van der Waals surface area contributed by atoms with Gasteiger partial charge in [-0.3, -0.25) is 4.79 Å². The Kier molecular flexibility index (Phi) is 8.50. The van der Waals surface area contributed by atoms with Crippen molar-refractivity contribution in [1.82, 2.24) is 5.32 Å². The molecule has 1 amide bonds. The van der Waals surface area contributed by atoms with Crippen LogP contribution in [0.5, 0.6) is 5.75 Å². The van der Waals surface area contributed by atoms with Gasteiger partial charge in [-0.2, -0.15) is 0 Å². The van der Waals surface area contributed by atoms with Crippen molar-refractivity contribution in [1.29, 1.82) is 0 Å². The van der Waals surface area contributed by atoms with E-state index in [1.165, 1.54) is 6.08 Å². The summed E-state index contributed by atoms with van der Waals surface area (Å²) in [7, 11) is 0. The van der Waals surface area contributed by atoms with Crippen LogP contribution in [0.4, 0.5) is 0 Å². The molecule has 0 aromatic heterocycles. The van der Waals surface area contributed by atoms with E-state index >= 15 is 0 Å². The van der Waals surface area contributed by atoms with Gasteiger partial charge in [-0.1, -0.05) is 31.5 Å². The Hall–Kier alpha value is -2.30. The highest BCUT2D eigenvalue weighted by Gasteiger charge is 2.08. The molecule has 5 nitrogen and oxygen atoms in total. The van der Waals surface area contributed by atoms with Crippen LogP contribution < -0.4 is 10.1 Å². The largest absolute Gasteiger partial charge is 0.493 e. The number of hydrogen-bond acceptors (Lipinski definition) is 4. The highest BCUT2D eigenvalue weighted by molar-refractivity contribution is 5.89. The van der Waals surface area contributed by atoms with Crippen LogP contribution in [0.2, 0.25) is 0 Å².